The van der Waals surface area contributed by atoms with Crippen molar-refractivity contribution in [1.82, 2.24) is 0 Å². The zero-order chi connectivity index (χ0) is 22.3. The molecule has 2 aromatic carbocycles. The Balaban J connectivity index is 1.81. The Labute approximate surface area is 186 Å². The molecule has 0 aliphatic heterocycles. The fraction of sp³-hybridized carbons (Fsp3) is 0.571. The maximum Gasteiger partial charge on any atom is 0.276 e. The largest absolute Gasteiger partial charge is 0.276 e. The molecule has 1 aliphatic carbocycles. The first-order chi connectivity index (χ1) is 14.9. The van der Waals surface area contributed by atoms with Crippen LogP contribution in [0, 0.1) is 5.82 Å². The molecule has 0 aromatic heterocycles. The van der Waals surface area contributed by atoms with Gasteiger partial charge in [0.05, 0.1) is 5.56 Å². The third kappa shape index (κ3) is 5.73. The van der Waals surface area contributed by atoms with Crippen LogP contribution in [0.3, 0.4) is 0 Å². The van der Waals surface area contributed by atoms with Gasteiger partial charge in [0.1, 0.15) is 5.82 Å². The zero-order valence-corrected chi connectivity index (χ0v) is 19.2. The van der Waals surface area contributed by atoms with Crippen LogP contribution >= 0.6 is 0 Å². The second-order valence-electron chi connectivity index (χ2n) is 9.38. The molecule has 0 N–H and O–H groups in total. The van der Waals surface area contributed by atoms with Crippen molar-refractivity contribution in [2.45, 2.75) is 102 Å². The predicted octanol–water partition coefficient (Wildman–Crippen LogP) is 9.56. The summed E-state index contributed by atoms with van der Waals surface area (Å²) in [6.07, 6.45) is 12.1. The third-order valence-electron chi connectivity index (χ3n) is 7.11. The molecule has 3 heteroatoms. The quantitative estimate of drug-likeness (QED) is 0.329. The highest BCUT2D eigenvalue weighted by Crippen LogP contribution is 2.44. The van der Waals surface area contributed by atoms with Gasteiger partial charge in [-0.25, -0.2) is 13.2 Å². The molecule has 1 aliphatic rings. The number of rotatable bonds is 10. The summed E-state index contributed by atoms with van der Waals surface area (Å²) in [5.41, 5.74) is 2.70. The second kappa shape index (κ2) is 10.7. The topological polar surface area (TPSA) is 0 Å². The monoisotopic (exact) mass is 430 g/mol. The Morgan fingerprint density at radius 1 is 0.806 bits per heavy atom. The van der Waals surface area contributed by atoms with Gasteiger partial charge in [0, 0.05) is 6.42 Å². The smallest absolute Gasteiger partial charge is 0.206 e. The lowest BCUT2D eigenvalue weighted by Crippen LogP contribution is -2.29. The number of hydrogen-bond acceptors (Lipinski definition) is 0. The highest BCUT2D eigenvalue weighted by Gasteiger charge is 2.34. The average molecular weight is 431 g/mol. The van der Waals surface area contributed by atoms with E-state index in [2.05, 4.69) is 19.1 Å². The van der Waals surface area contributed by atoms with Crippen molar-refractivity contribution in [3.63, 3.8) is 0 Å². The molecule has 170 valence electrons. The van der Waals surface area contributed by atoms with Gasteiger partial charge in [0.15, 0.2) is 0 Å². The van der Waals surface area contributed by atoms with Crippen molar-refractivity contribution in [1.29, 1.82) is 0 Å². The number of benzene rings is 2. The summed E-state index contributed by atoms with van der Waals surface area (Å²) in [5, 5.41) is 0. The Bertz CT molecular complexity index is 817. The molecule has 0 radical (unpaired) electrons. The first-order valence-corrected chi connectivity index (χ1v) is 12.2. The number of alkyl halides is 2. The summed E-state index contributed by atoms with van der Waals surface area (Å²) in [4.78, 5) is 0. The van der Waals surface area contributed by atoms with Crippen molar-refractivity contribution in [2.24, 2.45) is 0 Å². The number of hydrogen-bond donors (Lipinski definition) is 0. The van der Waals surface area contributed by atoms with Gasteiger partial charge in [-0.1, -0.05) is 89.1 Å². The first-order valence-electron chi connectivity index (χ1n) is 12.2. The van der Waals surface area contributed by atoms with E-state index in [1.54, 1.807) is 6.07 Å². The Kier molecular flexibility index (Phi) is 8.24. The van der Waals surface area contributed by atoms with Crippen LogP contribution in [0.15, 0.2) is 42.5 Å². The van der Waals surface area contributed by atoms with E-state index in [0.717, 1.165) is 5.56 Å². The number of unbranched alkanes of at least 4 members (excludes halogenated alkanes) is 3. The van der Waals surface area contributed by atoms with E-state index in [4.69, 9.17) is 0 Å². The number of halogens is 3. The normalized spacial score (nSPS) is 16.4. The first kappa shape index (κ1) is 23.9. The van der Waals surface area contributed by atoms with Crippen LogP contribution in [0.4, 0.5) is 13.2 Å². The molecule has 0 heterocycles. The zero-order valence-electron chi connectivity index (χ0n) is 19.2. The summed E-state index contributed by atoms with van der Waals surface area (Å²) in [7, 11) is 0. The molecule has 1 fully saturated rings. The minimum absolute atomic E-state index is 0.266. The lowest BCUT2D eigenvalue weighted by Gasteiger charge is -2.38. The summed E-state index contributed by atoms with van der Waals surface area (Å²) >= 11 is 0. The Hall–Kier alpha value is -1.77. The van der Waals surface area contributed by atoms with Crippen molar-refractivity contribution in [3.05, 3.63) is 59.4 Å². The van der Waals surface area contributed by atoms with Crippen LogP contribution in [0.1, 0.15) is 102 Å². The van der Waals surface area contributed by atoms with Gasteiger partial charge in [0.25, 0.3) is 5.92 Å². The lowest BCUT2D eigenvalue weighted by atomic mass is 9.66. The molecule has 0 nitrogen and oxygen atoms in total. The van der Waals surface area contributed by atoms with Crippen molar-refractivity contribution >= 4 is 0 Å². The molecule has 2 aromatic rings. The maximum atomic E-state index is 14.6. The van der Waals surface area contributed by atoms with Crippen LogP contribution in [-0.2, 0) is 11.3 Å². The van der Waals surface area contributed by atoms with Gasteiger partial charge in [-0.15, -0.1) is 0 Å². The molecule has 31 heavy (non-hydrogen) atoms. The molecule has 0 amide bonds. The molecule has 0 spiro atoms. The van der Waals surface area contributed by atoms with E-state index in [1.165, 1.54) is 75.5 Å². The van der Waals surface area contributed by atoms with E-state index in [-0.39, 0.29) is 11.8 Å². The minimum atomic E-state index is -3.12. The fourth-order valence-corrected chi connectivity index (χ4v) is 5.17. The molecule has 3 rings (SSSR count). The molecule has 0 atom stereocenters. The lowest BCUT2D eigenvalue weighted by molar-refractivity contribution is -0.0187. The van der Waals surface area contributed by atoms with Crippen molar-refractivity contribution in [3.8, 4) is 11.1 Å². The van der Waals surface area contributed by atoms with E-state index in [1.807, 2.05) is 19.1 Å². The van der Waals surface area contributed by atoms with Gasteiger partial charge < -0.3 is 0 Å². The van der Waals surface area contributed by atoms with Crippen LogP contribution in [0.5, 0.6) is 0 Å². The summed E-state index contributed by atoms with van der Waals surface area (Å²) in [5.74, 6) is -3.93. The molecular weight excluding hydrogens is 393 g/mol. The van der Waals surface area contributed by atoms with Crippen molar-refractivity contribution < 1.29 is 13.2 Å². The summed E-state index contributed by atoms with van der Waals surface area (Å²) in [6, 6.07) is 12.6. The fourth-order valence-electron chi connectivity index (χ4n) is 5.17. The van der Waals surface area contributed by atoms with Crippen LogP contribution in [-0.4, -0.2) is 0 Å². The van der Waals surface area contributed by atoms with Crippen molar-refractivity contribution in [2.75, 3.05) is 0 Å². The highest BCUT2D eigenvalue weighted by atomic mass is 19.3. The van der Waals surface area contributed by atoms with Gasteiger partial charge in [0.2, 0.25) is 0 Å². The van der Waals surface area contributed by atoms with Gasteiger partial charge in [-0.2, -0.15) is 0 Å². The molecule has 0 bridgehead atoms. The van der Waals surface area contributed by atoms with Crippen LogP contribution in [0.25, 0.3) is 11.1 Å². The van der Waals surface area contributed by atoms with Gasteiger partial charge >= 0.3 is 0 Å². The van der Waals surface area contributed by atoms with E-state index in [9.17, 15) is 13.2 Å². The SMILES string of the molecule is CCCCCC1(c2ccc(-c3ccc(C(F)(F)CCCC)c(F)c3)cc2)CCCCC1. The highest BCUT2D eigenvalue weighted by molar-refractivity contribution is 5.64. The molecule has 0 unspecified atom stereocenters. The standard InChI is InChI=1S/C28H37F3/c1-3-5-8-17-27(18-9-7-10-19-27)24-14-11-22(12-15-24)23-13-16-25(26(29)21-23)28(30,31)20-6-4-2/h11-16,21H,3-10,17-20H2,1-2H3. The predicted molar refractivity (Wildman–Crippen MR) is 124 cm³/mol. The minimum Gasteiger partial charge on any atom is -0.206 e. The van der Waals surface area contributed by atoms with Gasteiger partial charge in [-0.05, 0) is 59.9 Å². The van der Waals surface area contributed by atoms with E-state index in [0.29, 0.717) is 18.4 Å². The second-order valence-corrected chi connectivity index (χ2v) is 9.38. The summed E-state index contributed by atoms with van der Waals surface area (Å²) < 4.78 is 43.2. The van der Waals surface area contributed by atoms with Gasteiger partial charge in [-0.3, -0.25) is 0 Å². The Morgan fingerprint density at radius 2 is 1.45 bits per heavy atom. The van der Waals surface area contributed by atoms with Crippen LogP contribution < -0.4 is 0 Å². The third-order valence-corrected chi connectivity index (χ3v) is 7.11. The van der Waals surface area contributed by atoms with E-state index >= 15 is 0 Å². The molecule has 0 saturated heterocycles. The summed E-state index contributed by atoms with van der Waals surface area (Å²) in [6.45, 7) is 4.10. The maximum absolute atomic E-state index is 14.6. The van der Waals surface area contributed by atoms with Crippen LogP contribution in [0.2, 0.25) is 0 Å². The average Bonchev–Trinajstić information content (AvgIpc) is 2.78. The molecular formula is C28H37F3. The van der Waals surface area contributed by atoms with E-state index < -0.39 is 17.3 Å². The molecule has 1 saturated carbocycles. The Morgan fingerprint density at radius 3 is 2.06 bits per heavy atom.